The number of aryl methyl sites for hydroxylation is 1. The lowest BCUT2D eigenvalue weighted by molar-refractivity contribution is -0.384. The fraction of sp³-hybridized carbons (Fsp3) is 0.235. The monoisotopic (exact) mass is 461 g/mol. The molecule has 3 rings (SSSR count). The number of ether oxygens (including phenoxy) is 1. The molecule has 0 saturated heterocycles. The van der Waals surface area contributed by atoms with Gasteiger partial charge in [-0.25, -0.2) is 18.3 Å². The molecule has 14 heteroatoms. The lowest BCUT2D eigenvalue weighted by Gasteiger charge is -2.10. The predicted molar refractivity (Wildman–Crippen MR) is 100 cm³/mol. The van der Waals surface area contributed by atoms with E-state index in [0.717, 1.165) is 30.3 Å². The molecule has 31 heavy (non-hydrogen) atoms. The van der Waals surface area contributed by atoms with Gasteiger partial charge in [0.1, 0.15) is 18.1 Å². The fourth-order valence-electron chi connectivity index (χ4n) is 2.61. The molecule has 0 spiro atoms. The second-order valence-electron chi connectivity index (χ2n) is 6.21. The molecule has 1 aromatic carbocycles. The first kappa shape index (κ1) is 22.2. The van der Waals surface area contributed by atoms with E-state index >= 15 is 0 Å². The number of alkyl halides is 5. The Balaban J connectivity index is 1.94. The number of benzene rings is 1. The van der Waals surface area contributed by atoms with Crippen LogP contribution in [0.5, 0.6) is 5.75 Å². The summed E-state index contributed by atoms with van der Waals surface area (Å²) in [5.74, 6) is -1.20. The Labute approximate surface area is 175 Å². The van der Waals surface area contributed by atoms with Gasteiger partial charge >= 0.3 is 5.38 Å². The summed E-state index contributed by atoms with van der Waals surface area (Å²) in [6, 6.07) is 5.07. The number of nitro benzene ring substituents is 1. The molecule has 0 fully saturated rings. The van der Waals surface area contributed by atoms with Gasteiger partial charge in [0.25, 0.3) is 18.0 Å². The number of amides is 1. The zero-order valence-corrected chi connectivity index (χ0v) is 16.2. The summed E-state index contributed by atoms with van der Waals surface area (Å²) in [6.07, 6.45) is -2.82. The molecule has 3 aromatic rings. The van der Waals surface area contributed by atoms with Crippen LogP contribution in [0.2, 0.25) is 0 Å². The Morgan fingerprint density at radius 1 is 1.32 bits per heavy atom. The number of anilines is 1. The Bertz CT molecular complexity index is 1170. The fourth-order valence-corrected chi connectivity index (χ4v) is 2.75. The van der Waals surface area contributed by atoms with Gasteiger partial charge in [-0.1, -0.05) is 0 Å². The van der Waals surface area contributed by atoms with Crippen molar-refractivity contribution in [3.63, 3.8) is 0 Å². The van der Waals surface area contributed by atoms with E-state index in [9.17, 15) is 32.5 Å². The highest BCUT2D eigenvalue weighted by atomic mass is 35.5. The second kappa shape index (κ2) is 8.34. The molecule has 0 unspecified atom stereocenters. The number of rotatable bonds is 7. The van der Waals surface area contributed by atoms with Crippen LogP contribution in [0.25, 0.3) is 5.65 Å². The molecule has 164 valence electrons. The van der Waals surface area contributed by atoms with Crippen molar-refractivity contribution in [1.82, 2.24) is 14.6 Å². The first-order valence-corrected chi connectivity index (χ1v) is 8.78. The van der Waals surface area contributed by atoms with Gasteiger partial charge in [0.15, 0.2) is 11.3 Å². The highest BCUT2D eigenvalue weighted by Crippen LogP contribution is 2.33. The van der Waals surface area contributed by atoms with Gasteiger partial charge in [-0.15, -0.1) is 0 Å². The zero-order valence-electron chi connectivity index (χ0n) is 15.5. The number of carbonyl (C=O) groups excluding carboxylic acids is 1. The maximum Gasteiger partial charge on any atom is 0.364 e. The molecule has 0 atom stereocenters. The summed E-state index contributed by atoms with van der Waals surface area (Å²) in [4.78, 5) is 26.8. The number of nitro groups is 1. The van der Waals surface area contributed by atoms with E-state index in [1.165, 1.54) is 6.92 Å². The molecule has 2 aromatic heterocycles. The minimum Gasteiger partial charge on any atom is -0.487 e. The molecule has 2 heterocycles. The third kappa shape index (κ3) is 5.17. The van der Waals surface area contributed by atoms with Crippen molar-refractivity contribution in [3.8, 4) is 5.75 Å². The molecule has 0 saturated carbocycles. The van der Waals surface area contributed by atoms with E-state index in [0.29, 0.717) is 4.52 Å². The summed E-state index contributed by atoms with van der Waals surface area (Å²) >= 11 is 5.09. The number of fused-ring (bicyclic) bond motifs is 1. The van der Waals surface area contributed by atoms with E-state index < -0.39 is 40.6 Å². The number of nitrogens with one attached hydrogen (secondary N) is 1. The first-order chi connectivity index (χ1) is 14.4. The highest BCUT2D eigenvalue weighted by Gasteiger charge is 2.32. The molecule has 9 nitrogen and oxygen atoms in total. The molecular weight excluding hydrogens is 450 g/mol. The van der Waals surface area contributed by atoms with Crippen molar-refractivity contribution in [2.45, 2.75) is 18.7 Å². The van der Waals surface area contributed by atoms with Crippen LogP contribution >= 0.6 is 11.6 Å². The van der Waals surface area contributed by atoms with Crippen LogP contribution in [-0.4, -0.2) is 38.5 Å². The number of carbonyl (C=O) groups is 1. The Hall–Kier alpha value is -3.48. The number of hydrogen-bond acceptors (Lipinski definition) is 6. The quantitative estimate of drug-likeness (QED) is 0.245. The lowest BCUT2D eigenvalue weighted by atomic mass is 10.2. The van der Waals surface area contributed by atoms with E-state index in [1.54, 1.807) is 0 Å². The lowest BCUT2D eigenvalue weighted by Crippen LogP contribution is -2.15. The van der Waals surface area contributed by atoms with E-state index in [-0.39, 0.29) is 28.5 Å². The predicted octanol–water partition coefficient (Wildman–Crippen LogP) is 4.13. The Kier molecular flexibility index (Phi) is 5.97. The molecule has 0 aliphatic heterocycles. The number of halogens is 5. The van der Waals surface area contributed by atoms with Crippen LogP contribution in [0.4, 0.5) is 28.9 Å². The molecule has 1 amide bonds. The van der Waals surface area contributed by atoms with Crippen molar-refractivity contribution >= 4 is 34.5 Å². The largest absolute Gasteiger partial charge is 0.487 e. The summed E-state index contributed by atoms with van der Waals surface area (Å²) in [7, 11) is 0. The van der Waals surface area contributed by atoms with Crippen molar-refractivity contribution in [2.75, 3.05) is 11.9 Å². The van der Waals surface area contributed by atoms with Crippen LogP contribution in [-0.2, 0) is 5.38 Å². The summed E-state index contributed by atoms with van der Waals surface area (Å²) in [5.41, 5.74) is -1.63. The zero-order chi connectivity index (χ0) is 22.9. The maximum absolute atomic E-state index is 13.7. The summed E-state index contributed by atoms with van der Waals surface area (Å²) in [6.45, 7) is 0.435. The van der Waals surface area contributed by atoms with Gasteiger partial charge in [-0.05, 0) is 24.6 Å². The van der Waals surface area contributed by atoms with Gasteiger partial charge < -0.3 is 10.1 Å². The van der Waals surface area contributed by atoms with Gasteiger partial charge in [0.05, 0.1) is 16.7 Å². The number of nitrogens with zero attached hydrogens (tertiary/aromatic N) is 4. The minimum absolute atomic E-state index is 0.0829. The average molecular weight is 462 g/mol. The minimum atomic E-state index is -3.79. The van der Waals surface area contributed by atoms with Crippen molar-refractivity contribution < 1.29 is 32.0 Å². The standard InChI is InChI=1S/C17H12ClF4N5O4/c1-8-2-13(17(18,21)22)26-15(23-8)6-12(25-26)16(28)24-9-3-10(27(29)30)5-11(4-9)31-7-14(19)20/h2-6,14H,7H2,1H3,(H,24,28). The van der Waals surface area contributed by atoms with Gasteiger partial charge in [-0.3, -0.25) is 14.9 Å². The summed E-state index contributed by atoms with van der Waals surface area (Å²) in [5, 5.41) is 13.3. The Morgan fingerprint density at radius 3 is 2.65 bits per heavy atom. The van der Waals surface area contributed by atoms with Gasteiger partial charge in [0.2, 0.25) is 0 Å². The number of hydrogen-bond donors (Lipinski definition) is 1. The molecule has 0 radical (unpaired) electrons. The van der Waals surface area contributed by atoms with Crippen molar-refractivity contribution in [3.05, 3.63) is 57.5 Å². The van der Waals surface area contributed by atoms with E-state index in [2.05, 4.69) is 15.4 Å². The third-order valence-corrected chi connectivity index (χ3v) is 4.01. The van der Waals surface area contributed by atoms with Crippen molar-refractivity contribution in [2.24, 2.45) is 0 Å². The van der Waals surface area contributed by atoms with Crippen LogP contribution in [0, 0.1) is 17.0 Å². The smallest absolute Gasteiger partial charge is 0.364 e. The van der Waals surface area contributed by atoms with Crippen LogP contribution < -0.4 is 10.1 Å². The van der Waals surface area contributed by atoms with Gasteiger partial charge in [0, 0.05) is 23.9 Å². The van der Waals surface area contributed by atoms with Crippen LogP contribution in [0.1, 0.15) is 21.9 Å². The third-order valence-electron chi connectivity index (χ3n) is 3.81. The molecule has 0 bridgehead atoms. The molecule has 0 aliphatic carbocycles. The highest BCUT2D eigenvalue weighted by molar-refractivity contribution is 6.21. The molecule has 1 N–H and O–H groups in total. The Morgan fingerprint density at radius 2 is 2.03 bits per heavy atom. The summed E-state index contributed by atoms with van der Waals surface area (Å²) < 4.78 is 57.5. The topological polar surface area (TPSA) is 112 Å². The second-order valence-corrected chi connectivity index (χ2v) is 6.68. The molecule has 0 aliphatic rings. The normalized spacial score (nSPS) is 11.7. The van der Waals surface area contributed by atoms with E-state index in [1.807, 2.05) is 0 Å². The number of non-ortho nitro benzene ring substituents is 1. The van der Waals surface area contributed by atoms with Crippen LogP contribution in [0.15, 0.2) is 30.3 Å². The van der Waals surface area contributed by atoms with E-state index in [4.69, 9.17) is 16.3 Å². The van der Waals surface area contributed by atoms with Crippen LogP contribution in [0.3, 0.4) is 0 Å². The van der Waals surface area contributed by atoms with Gasteiger partial charge in [-0.2, -0.15) is 13.9 Å². The number of aromatic nitrogens is 3. The first-order valence-electron chi connectivity index (χ1n) is 8.40. The average Bonchev–Trinajstić information content (AvgIpc) is 3.08. The molecular formula is C17H12ClF4N5O4. The maximum atomic E-state index is 13.7. The van der Waals surface area contributed by atoms with Crippen molar-refractivity contribution in [1.29, 1.82) is 0 Å². The SMILES string of the molecule is Cc1cc(C(F)(F)Cl)n2nc(C(=O)Nc3cc(OCC(F)F)cc([N+](=O)[O-])c3)cc2n1.